The van der Waals surface area contributed by atoms with Gasteiger partial charge in [0, 0.05) is 29.0 Å². The van der Waals surface area contributed by atoms with Gasteiger partial charge in [-0.05, 0) is 25.2 Å². The van der Waals surface area contributed by atoms with Crippen LogP contribution in [0.1, 0.15) is 37.8 Å². The van der Waals surface area contributed by atoms with Crippen molar-refractivity contribution in [2.75, 3.05) is 34.1 Å². The molecule has 0 bridgehead atoms. The van der Waals surface area contributed by atoms with Gasteiger partial charge in [-0.1, -0.05) is 32.9 Å². The largest absolute Gasteiger partial charge is 0.493 e. The second kappa shape index (κ2) is 8.03. The number of nitrogens with zero attached hydrogens (tertiary/aromatic N) is 1. The fourth-order valence-electron chi connectivity index (χ4n) is 4.57. The molecule has 0 N–H and O–H groups in total. The minimum Gasteiger partial charge on any atom is -0.493 e. The summed E-state index contributed by atoms with van der Waals surface area (Å²) in [5.74, 6) is 4.05. The van der Waals surface area contributed by atoms with Gasteiger partial charge in [0.25, 0.3) is 0 Å². The van der Waals surface area contributed by atoms with Crippen LogP contribution in [-0.4, -0.2) is 45.2 Å². The van der Waals surface area contributed by atoms with Crippen LogP contribution < -0.4 is 23.7 Å². The van der Waals surface area contributed by atoms with Gasteiger partial charge >= 0.3 is 0 Å². The molecule has 2 aliphatic rings. The zero-order chi connectivity index (χ0) is 20.5. The van der Waals surface area contributed by atoms with Crippen molar-refractivity contribution in [2.24, 2.45) is 5.92 Å². The smallest absolute Gasteiger partial charge is 0.231 e. The molecule has 4 rings (SSSR count). The Morgan fingerprint density at radius 1 is 0.966 bits per heavy atom. The predicted molar refractivity (Wildman–Crippen MR) is 110 cm³/mol. The van der Waals surface area contributed by atoms with E-state index in [0.717, 1.165) is 53.0 Å². The van der Waals surface area contributed by atoms with E-state index in [2.05, 4.69) is 37.8 Å². The van der Waals surface area contributed by atoms with Gasteiger partial charge in [0.1, 0.15) is 5.75 Å². The van der Waals surface area contributed by atoms with Gasteiger partial charge in [-0.2, -0.15) is 0 Å². The third kappa shape index (κ3) is 3.25. The molecule has 2 heterocycles. The first-order valence-electron chi connectivity index (χ1n) is 10.2. The topological polar surface area (TPSA) is 49.4 Å². The Bertz CT molecular complexity index is 880. The molecule has 6 heteroatoms. The van der Waals surface area contributed by atoms with Gasteiger partial charge in [-0.25, -0.2) is 0 Å². The lowest BCUT2D eigenvalue weighted by atomic mass is 9.77. The van der Waals surface area contributed by atoms with Crippen LogP contribution in [0.3, 0.4) is 0 Å². The number of hydrogen-bond donors (Lipinski definition) is 0. The second-order valence-electron chi connectivity index (χ2n) is 7.39. The van der Waals surface area contributed by atoms with Crippen molar-refractivity contribution in [1.29, 1.82) is 0 Å². The maximum absolute atomic E-state index is 6.51. The van der Waals surface area contributed by atoms with E-state index in [1.807, 2.05) is 18.2 Å². The zero-order valence-corrected chi connectivity index (χ0v) is 17.7. The fraction of sp³-hybridized carbons (Fsp3) is 0.478. The van der Waals surface area contributed by atoms with E-state index >= 15 is 0 Å². The highest BCUT2D eigenvalue weighted by Gasteiger charge is 2.41. The first-order valence-corrected chi connectivity index (χ1v) is 10.2. The molecule has 3 atom stereocenters. The van der Waals surface area contributed by atoms with Gasteiger partial charge in [0.05, 0.1) is 14.2 Å². The average Bonchev–Trinajstić information content (AvgIpc) is 3.20. The minimum absolute atomic E-state index is 0.0567. The molecule has 2 aliphatic heterocycles. The molecule has 0 aliphatic carbocycles. The maximum Gasteiger partial charge on any atom is 0.231 e. The summed E-state index contributed by atoms with van der Waals surface area (Å²) in [7, 11) is 3.35. The number of rotatable bonds is 6. The lowest BCUT2D eigenvalue weighted by Crippen LogP contribution is -2.48. The number of benzene rings is 2. The summed E-state index contributed by atoms with van der Waals surface area (Å²) < 4.78 is 29.1. The molecule has 0 spiro atoms. The van der Waals surface area contributed by atoms with Crippen LogP contribution in [-0.2, 0) is 0 Å². The van der Waals surface area contributed by atoms with Crippen LogP contribution in [0.5, 0.6) is 28.7 Å². The highest BCUT2D eigenvalue weighted by molar-refractivity contribution is 5.59. The summed E-state index contributed by atoms with van der Waals surface area (Å²) in [5, 5.41) is 0. The molecule has 29 heavy (non-hydrogen) atoms. The summed E-state index contributed by atoms with van der Waals surface area (Å²) in [4.78, 5) is 2.35. The van der Waals surface area contributed by atoms with E-state index in [-0.39, 0.29) is 24.9 Å². The molecule has 0 saturated heterocycles. The van der Waals surface area contributed by atoms with Crippen molar-refractivity contribution in [2.45, 2.75) is 32.9 Å². The number of ether oxygens (including phenoxy) is 5. The van der Waals surface area contributed by atoms with E-state index < -0.39 is 0 Å². The molecule has 0 fully saturated rings. The highest BCUT2D eigenvalue weighted by Crippen LogP contribution is 2.52. The molecule has 0 saturated carbocycles. The molecule has 0 unspecified atom stereocenters. The number of hydrogen-bond acceptors (Lipinski definition) is 6. The van der Waals surface area contributed by atoms with Crippen LogP contribution >= 0.6 is 0 Å². The van der Waals surface area contributed by atoms with Crippen LogP contribution in [0.15, 0.2) is 30.3 Å². The molecular formula is C23H29NO5. The lowest BCUT2D eigenvalue weighted by Gasteiger charge is -2.43. The number of fused-ring (bicyclic) bond motifs is 2. The molecule has 156 valence electrons. The standard InChI is InChI=1S/C23H29NO5/c1-6-24(7-2)23-14(3)21(15-9-8-10-17(25-4)22(15)26-5)16-11-19-20(28-13-27-19)12-18(16)29-23/h8-12,14,21,23H,6-7,13H2,1-5H3/t14-,21-,23-/m1/s1. The third-order valence-corrected chi connectivity index (χ3v) is 6.00. The minimum atomic E-state index is -0.0567. The fourth-order valence-corrected chi connectivity index (χ4v) is 4.57. The van der Waals surface area contributed by atoms with E-state index in [4.69, 9.17) is 23.7 Å². The molecular weight excluding hydrogens is 370 g/mol. The monoisotopic (exact) mass is 399 g/mol. The summed E-state index contributed by atoms with van der Waals surface area (Å²) in [5.41, 5.74) is 2.16. The van der Waals surface area contributed by atoms with E-state index in [1.54, 1.807) is 14.2 Å². The Kier molecular flexibility index (Phi) is 5.46. The van der Waals surface area contributed by atoms with Crippen molar-refractivity contribution in [3.63, 3.8) is 0 Å². The zero-order valence-electron chi connectivity index (χ0n) is 17.7. The van der Waals surface area contributed by atoms with Gasteiger partial charge in [0.2, 0.25) is 6.79 Å². The van der Waals surface area contributed by atoms with Crippen LogP contribution in [0.25, 0.3) is 0 Å². The normalized spacial score (nSPS) is 22.2. The quantitative estimate of drug-likeness (QED) is 0.723. The summed E-state index contributed by atoms with van der Waals surface area (Å²) in [6, 6.07) is 10.1. The highest BCUT2D eigenvalue weighted by atomic mass is 16.7. The second-order valence-corrected chi connectivity index (χ2v) is 7.39. The Hall–Kier alpha value is -2.60. The molecule has 0 radical (unpaired) electrons. The van der Waals surface area contributed by atoms with Crippen LogP contribution in [0.2, 0.25) is 0 Å². The summed E-state index contributed by atoms with van der Waals surface area (Å²) in [6.45, 7) is 8.62. The number of para-hydroxylation sites is 1. The average molecular weight is 399 g/mol. The Morgan fingerprint density at radius 3 is 2.34 bits per heavy atom. The van der Waals surface area contributed by atoms with Crippen molar-refractivity contribution >= 4 is 0 Å². The lowest BCUT2D eigenvalue weighted by molar-refractivity contribution is -0.0259. The molecule has 2 aromatic rings. The van der Waals surface area contributed by atoms with Crippen molar-refractivity contribution in [3.8, 4) is 28.7 Å². The van der Waals surface area contributed by atoms with Crippen molar-refractivity contribution < 1.29 is 23.7 Å². The first-order chi connectivity index (χ1) is 14.1. The van der Waals surface area contributed by atoms with Gasteiger partial charge in [-0.3, -0.25) is 4.90 Å². The van der Waals surface area contributed by atoms with Crippen molar-refractivity contribution in [3.05, 3.63) is 41.5 Å². The van der Waals surface area contributed by atoms with Crippen LogP contribution in [0.4, 0.5) is 0 Å². The van der Waals surface area contributed by atoms with Gasteiger partial charge in [-0.15, -0.1) is 0 Å². The Morgan fingerprint density at radius 2 is 1.69 bits per heavy atom. The predicted octanol–water partition coefficient (Wildman–Crippen LogP) is 4.26. The van der Waals surface area contributed by atoms with E-state index in [0.29, 0.717) is 0 Å². The molecule has 0 amide bonds. The molecule has 6 nitrogen and oxygen atoms in total. The van der Waals surface area contributed by atoms with Gasteiger partial charge < -0.3 is 23.7 Å². The first kappa shape index (κ1) is 19.7. The van der Waals surface area contributed by atoms with Crippen LogP contribution in [0, 0.1) is 5.92 Å². The summed E-state index contributed by atoms with van der Waals surface area (Å²) in [6.07, 6.45) is -0.0567. The third-order valence-electron chi connectivity index (χ3n) is 6.00. The maximum atomic E-state index is 6.51. The van der Waals surface area contributed by atoms with Gasteiger partial charge in [0.15, 0.2) is 29.2 Å². The molecule has 0 aromatic heterocycles. The van der Waals surface area contributed by atoms with Crippen molar-refractivity contribution in [1.82, 2.24) is 4.90 Å². The van der Waals surface area contributed by atoms with E-state index in [1.165, 1.54) is 0 Å². The number of methoxy groups -OCH3 is 2. The summed E-state index contributed by atoms with van der Waals surface area (Å²) >= 11 is 0. The Balaban J connectivity index is 1.90. The SMILES string of the molecule is CCN(CC)[C@@H]1Oc2cc3c(cc2[C@@H](c2cccc(OC)c2OC)[C@H]1C)OCO3. The molecule has 2 aromatic carbocycles. The Labute approximate surface area is 172 Å². The van der Waals surface area contributed by atoms with E-state index in [9.17, 15) is 0 Å².